The minimum absolute atomic E-state index is 0.0190. The summed E-state index contributed by atoms with van der Waals surface area (Å²) in [5.41, 5.74) is 0. The third-order valence-corrected chi connectivity index (χ3v) is 1.24. The standard InChI is InChI=1S/C5H5NO4/c7-3-1-2-4(8)6(3)5(9)10/h1-2H2,(H,9,10)/q+1. The zero-order valence-corrected chi connectivity index (χ0v) is 5.03. The molecule has 5 heteroatoms. The first-order valence-corrected chi connectivity index (χ1v) is 2.71. The van der Waals surface area contributed by atoms with Gasteiger partial charge in [0.05, 0.1) is 17.7 Å². The molecule has 1 aliphatic rings. The number of rotatable bonds is 0. The number of carbonyl (C=O) groups excluding carboxylic acids is 2. The summed E-state index contributed by atoms with van der Waals surface area (Å²) in [4.78, 5) is 31.5. The number of likely N-dealkylation sites (tertiary alicyclic amines) is 1. The molecule has 10 heavy (non-hydrogen) atoms. The number of carbonyl (C=O) groups is 3. The molecule has 0 spiro atoms. The van der Waals surface area contributed by atoms with Crippen molar-refractivity contribution in [1.29, 1.82) is 0 Å². The molecule has 0 aromatic carbocycles. The van der Waals surface area contributed by atoms with Gasteiger partial charge in [-0.05, 0) is 0 Å². The molecule has 0 bridgehead atoms. The van der Waals surface area contributed by atoms with Crippen LogP contribution in [0.1, 0.15) is 12.8 Å². The third-order valence-electron chi connectivity index (χ3n) is 1.24. The molecule has 1 fully saturated rings. The molecule has 0 unspecified atom stereocenters. The predicted octanol–water partition coefficient (Wildman–Crippen LogP) is -0.349. The van der Waals surface area contributed by atoms with Crippen molar-refractivity contribution in [1.82, 2.24) is 4.90 Å². The molecule has 1 saturated heterocycles. The molecule has 1 aliphatic heterocycles. The molecule has 0 aromatic heterocycles. The lowest BCUT2D eigenvalue weighted by Gasteiger charge is -1.86. The Balaban J connectivity index is 2.82. The molecular formula is C5H5NO4+. The highest BCUT2D eigenvalue weighted by atomic mass is 16.4. The van der Waals surface area contributed by atoms with Gasteiger partial charge in [-0.2, -0.15) is 4.79 Å². The molecule has 0 aromatic rings. The van der Waals surface area contributed by atoms with E-state index in [9.17, 15) is 14.4 Å². The van der Waals surface area contributed by atoms with E-state index in [1.807, 2.05) is 0 Å². The summed E-state index contributed by atoms with van der Waals surface area (Å²) in [6.07, 6.45) is -1.44. The minimum atomic E-state index is -1.48. The summed E-state index contributed by atoms with van der Waals surface area (Å²) < 4.78 is 0. The predicted molar refractivity (Wildman–Crippen MR) is 29.4 cm³/mol. The normalized spacial score (nSPS) is 20.0. The Morgan fingerprint density at radius 2 is 1.70 bits per heavy atom. The lowest BCUT2D eigenvalue weighted by Crippen LogP contribution is -2.40. The molecule has 1 N–H and O–H groups in total. The lowest BCUT2D eigenvalue weighted by atomic mass is 10.4. The van der Waals surface area contributed by atoms with Gasteiger partial charge in [0, 0.05) is 0 Å². The Hall–Kier alpha value is -1.23. The monoisotopic (exact) mass is 143 g/mol. The van der Waals surface area contributed by atoms with Crippen LogP contribution in [-0.2, 0) is 9.59 Å². The van der Waals surface area contributed by atoms with Crippen LogP contribution in [0.15, 0.2) is 0 Å². The summed E-state index contributed by atoms with van der Waals surface area (Å²) in [7, 11) is 0. The van der Waals surface area contributed by atoms with Gasteiger partial charge >= 0.3 is 17.9 Å². The Kier molecular flexibility index (Phi) is 1.50. The molecular weight excluding hydrogens is 138 g/mol. The van der Waals surface area contributed by atoms with Crippen LogP contribution >= 0.6 is 0 Å². The van der Waals surface area contributed by atoms with Gasteiger partial charge in [0.15, 0.2) is 0 Å². The summed E-state index contributed by atoms with van der Waals surface area (Å²) in [6, 6.07) is 0. The van der Waals surface area contributed by atoms with Gasteiger partial charge in [-0.1, -0.05) is 0 Å². The van der Waals surface area contributed by atoms with Gasteiger partial charge in [-0.25, -0.2) is 9.59 Å². The van der Waals surface area contributed by atoms with E-state index in [0.29, 0.717) is 0 Å². The van der Waals surface area contributed by atoms with Crippen LogP contribution in [0.25, 0.3) is 0 Å². The zero-order valence-electron chi connectivity index (χ0n) is 5.03. The zero-order chi connectivity index (χ0) is 7.72. The topological polar surface area (TPSA) is 77.3 Å². The molecule has 5 nitrogen and oxygen atoms in total. The number of nitrogens with zero attached hydrogens (tertiary/aromatic N) is 1. The van der Waals surface area contributed by atoms with Crippen molar-refractivity contribution in [2.75, 3.05) is 0 Å². The Morgan fingerprint density at radius 1 is 1.30 bits per heavy atom. The van der Waals surface area contributed by atoms with Crippen LogP contribution < -0.4 is 4.90 Å². The summed E-state index contributed by atoms with van der Waals surface area (Å²) >= 11 is 0. The van der Waals surface area contributed by atoms with E-state index < -0.39 is 17.9 Å². The van der Waals surface area contributed by atoms with Crippen molar-refractivity contribution >= 4 is 17.9 Å². The van der Waals surface area contributed by atoms with E-state index >= 15 is 0 Å². The van der Waals surface area contributed by atoms with Crippen LogP contribution in [0.5, 0.6) is 0 Å². The molecule has 3 amide bonds. The van der Waals surface area contributed by atoms with E-state index in [2.05, 4.69) is 0 Å². The maximum atomic E-state index is 10.6. The molecule has 0 atom stereocenters. The number of carboxylic acid groups (broad SMARTS) is 1. The lowest BCUT2D eigenvalue weighted by molar-refractivity contribution is -0.129. The van der Waals surface area contributed by atoms with E-state index in [1.54, 1.807) is 0 Å². The quantitative estimate of drug-likeness (QED) is 0.371. The second kappa shape index (κ2) is 2.18. The molecule has 0 aliphatic carbocycles. The van der Waals surface area contributed by atoms with E-state index in [-0.39, 0.29) is 17.7 Å². The highest BCUT2D eigenvalue weighted by Gasteiger charge is 2.48. The van der Waals surface area contributed by atoms with E-state index in [0.717, 1.165) is 0 Å². The molecule has 0 saturated carbocycles. The molecule has 53 valence electrons. The fraction of sp³-hybridized carbons (Fsp3) is 0.400. The first kappa shape index (κ1) is 6.88. The van der Waals surface area contributed by atoms with Crippen LogP contribution in [0, 0.1) is 0 Å². The minimum Gasteiger partial charge on any atom is -0.431 e. The fourth-order valence-corrected chi connectivity index (χ4v) is 0.790. The van der Waals surface area contributed by atoms with Crippen molar-refractivity contribution in [2.24, 2.45) is 0 Å². The Morgan fingerprint density at radius 3 is 1.90 bits per heavy atom. The number of hydrogen-bond acceptors (Lipinski definition) is 3. The maximum absolute atomic E-state index is 10.6. The number of hydrogen-bond donors (Lipinski definition) is 1. The highest BCUT2D eigenvalue weighted by molar-refractivity contribution is 6.16. The number of imide groups is 3. The SMILES string of the molecule is O=C(O)[N+]1C(=O)CCC1=O. The average Bonchev–Trinajstić information content (AvgIpc) is 2.11. The van der Waals surface area contributed by atoms with Crippen LogP contribution in [0.3, 0.4) is 0 Å². The van der Waals surface area contributed by atoms with Gasteiger partial charge in [0.2, 0.25) is 0 Å². The van der Waals surface area contributed by atoms with Gasteiger partial charge in [-0.3, -0.25) is 0 Å². The summed E-state index contributed by atoms with van der Waals surface area (Å²) in [5.74, 6) is -1.25. The summed E-state index contributed by atoms with van der Waals surface area (Å²) in [6.45, 7) is 0. The second-order valence-corrected chi connectivity index (χ2v) is 1.91. The fourth-order valence-electron chi connectivity index (χ4n) is 0.790. The van der Waals surface area contributed by atoms with Gasteiger partial charge < -0.3 is 5.11 Å². The van der Waals surface area contributed by atoms with Crippen molar-refractivity contribution in [3.63, 3.8) is 0 Å². The van der Waals surface area contributed by atoms with E-state index in [4.69, 9.17) is 5.11 Å². The summed E-state index contributed by atoms with van der Waals surface area (Å²) in [5, 5.41) is 8.24. The van der Waals surface area contributed by atoms with Gasteiger partial charge in [-0.15, -0.1) is 0 Å². The van der Waals surface area contributed by atoms with Crippen LogP contribution in [0.4, 0.5) is 4.79 Å². The highest BCUT2D eigenvalue weighted by Crippen LogP contribution is 2.07. The molecule has 1 radical (unpaired) electrons. The first-order chi connectivity index (χ1) is 4.63. The number of amides is 3. The third kappa shape index (κ3) is 0.906. The molecule has 1 rings (SSSR count). The van der Waals surface area contributed by atoms with Crippen LogP contribution in [0.2, 0.25) is 0 Å². The largest absolute Gasteiger partial charge is 0.581 e. The van der Waals surface area contributed by atoms with Crippen molar-refractivity contribution in [3.05, 3.63) is 0 Å². The second-order valence-electron chi connectivity index (χ2n) is 1.91. The maximum Gasteiger partial charge on any atom is 0.581 e. The average molecular weight is 143 g/mol. The van der Waals surface area contributed by atoms with Crippen molar-refractivity contribution < 1.29 is 19.5 Å². The van der Waals surface area contributed by atoms with Crippen molar-refractivity contribution in [3.8, 4) is 0 Å². The first-order valence-electron chi connectivity index (χ1n) is 2.71. The molecule has 1 heterocycles. The smallest absolute Gasteiger partial charge is 0.431 e. The Bertz CT molecular complexity index is 194. The van der Waals surface area contributed by atoms with Crippen LogP contribution in [-0.4, -0.2) is 23.0 Å². The Labute approximate surface area is 56.2 Å². The van der Waals surface area contributed by atoms with Gasteiger partial charge in [0.1, 0.15) is 0 Å². The van der Waals surface area contributed by atoms with Crippen molar-refractivity contribution in [2.45, 2.75) is 12.8 Å². The van der Waals surface area contributed by atoms with E-state index in [1.165, 1.54) is 0 Å². The van der Waals surface area contributed by atoms with Gasteiger partial charge in [0.25, 0.3) is 0 Å².